The van der Waals surface area contributed by atoms with Gasteiger partial charge in [-0.3, -0.25) is 43.8 Å². The largest absolute Gasteiger partial charge is 0.489 e. The Balaban J connectivity index is 0.811. The molecule has 0 aliphatic carbocycles. The van der Waals surface area contributed by atoms with Gasteiger partial charge in [0.15, 0.2) is 5.65 Å². The number of nitrogens with zero attached hydrogens (tertiary/aromatic N) is 7. The summed E-state index contributed by atoms with van der Waals surface area (Å²) >= 11 is 0. The molecule has 0 radical (unpaired) electrons. The topological polar surface area (TPSA) is 196 Å². The Morgan fingerprint density at radius 1 is 0.930 bits per heavy atom. The molecule has 0 spiro atoms. The maximum absolute atomic E-state index is 13.8. The van der Waals surface area contributed by atoms with E-state index in [1.165, 1.54) is 10.7 Å². The molecule has 7 amide bonds. The van der Waals surface area contributed by atoms with E-state index >= 15 is 0 Å². The van der Waals surface area contributed by atoms with Gasteiger partial charge in [-0.25, -0.2) is 9.50 Å². The van der Waals surface area contributed by atoms with E-state index in [0.717, 1.165) is 10.5 Å². The first-order chi connectivity index (χ1) is 27.4. The number of ether oxygens (including phenoxy) is 1. The second kappa shape index (κ2) is 13.8. The van der Waals surface area contributed by atoms with Crippen LogP contribution in [0.2, 0.25) is 0 Å². The first kappa shape index (κ1) is 36.0. The van der Waals surface area contributed by atoms with Crippen LogP contribution in [0, 0.1) is 5.92 Å². The average molecular weight is 774 g/mol. The summed E-state index contributed by atoms with van der Waals surface area (Å²) in [5.74, 6) is -2.56. The van der Waals surface area contributed by atoms with Gasteiger partial charge in [0.05, 0.1) is 35.0 Å². The van der Waals surface area contributed by atoms with Crippen molar-refractivity contribution in [3.63, 3.8) is 0 Å². The fourth-order valence-electron chi connectivity index (χ4n) is 8.44. The van der Waals surface area contributed by atoms with Crippen LogP contribution in [0.4, 0.5) is 11.4 Å². The molecule has 5 aliphatic heterocycles. The molecule has 0 saturated carbocycles. The lowest BCUT2D eigenvalue weighted by molar-refractivity contribution is -0.138. The highest BCUT2D eigenvalue weighted by atomic mass is 16.5. The highest BCUT2D eigenvalue weighted by molar-refractivity contribution is 6.23. The third-order valence-electron chi connectivity index (χ3n) is 11.4. The summed E-state index contributed by atoms with van der Waals surface area (Å²) in [7, 11) is 0. The summed E-state index contributed by atoms with van der Waals surface area (Å²) in [6.45, 7) is 6.01. The van der Waals surface area contributed by atoms with Crippen LogP contribution in [0.5, 0.6) is 5.75 Å². The molecule has 1 unspecified atom stereocenters. The molecule has 4 aromatic rings. The molecule has 1 atom stereocenters. The number of rotatable bonds is 8. The monoisotopic (exact) mass is 773 g/mol. The summed E-state index contributed by atoms with van der Waals surface area (Å²) in [5.41, 5.74) is 3.57. The fourth-order valence-corrected chi connectivity index (χ4v) is 8.44. The number of piperidine rings is 2. The Bertz CT molecular complexity index is 2410. The Kier molecular flexibility index (Phi) is 8.74. The number of aromatic nitrogens is 3. The SMILES string of the molecule is CC(C)Oc1cc2c(cc1NC(=O)c1cnn3cccnc13)CN(C1CCN(C(=O)C3CN(c4ccc5c(c4)C(=O)N(C4CCC(=O)NC4=O)C5=O)C3)CC1)C2=O. The van der Waals surface area contributed by atoms with Crippen molar-refractivity contribution in [3.8, 4) is 5.75 Å². The van der Waals surface area contributed by atoms with E-state index in [-0.39, 0.29) is 53.8 Å². The van der Waals surface area contributed by atoms with Crippen LogP contribution >= 0.6 is 0 Å². The number of benzene rings is 2. The average Bonchev–Trinajstić information content (AvgIpc) is 3.82. The highest BCUT2D eigenvalue weighted by Gasteiger charge is 2.46. The lowest BCUT2D eigenvalue weighted by Gasteiger charge is -2.44. The number of carbonyl (C=O) groups excluding carboxylic acids is 7. The van der Waals surface area contributed by atoms with Gasteiger partial charge in [-0.05, 0) is 75.1 Å². The van der Waals surface area contributed by atoms with Crippen LogP contribution in [0.25, 0.3) is 5.65 Å². The van der Waals surface area contributed by atoms with Crippen molar-refractivity contribution in [2.24, 2.45) is 5.92 Å². The van der Waals surface area contributed by atoms with Crippen molar-refractivity contribution in [1.82, 2.24) is 34.6 Å². The van der Waals surface area contributed by atoms with Crippen LogP contribution in [0.3, 0.4) is 0 Å². The molecule has 9 rings (SSSR count). The Morgan fingerprint density at radius 3 is 2.46 bits per heavy atom. The number of hydrogen-bond donors (Lipinski definition) is 2. The van der Waals surface area contributed by atoms with E-state index in [2.05, 4.69) is 20.7 Å². The summed E-state index contributed by atoms with van der Waals surface area (Å²) in [5, 5.41) is 9.36. The maximum Gasteiger partial charge on any atom is 0.262 e. The van der Waals surface area contributed by atoms with Gasteiger partial charge in [0, 0.05) is 68.8 Å². The van der Waals surface area contributed by atoms with Gasteiger partial charge >= 0.3 is 0 Å². The minimum Gasteiger partial charge on any atom is -0.489 e. The van der Waals surface area contributed by atoms with Gasteiger partial charge in [-0.2, -0.15) is 5.10 Å². The minimum absolute atomic E-state index is 0.0365. The zero-order valence-electron chi connectivity index (χ0n) is 31.3. The quantitative estimate of drug-likeness (QED) is 0.249. The lowest BCUT2D eigenvalue weighted by atomic mass is 9.94. The summed E-state index contributed by atoms with van der Waals surface area (Å²) in [4.78, 5) is 102. The summed E-state index contributed by atoms with van der Waals surface area (Å²) in [6.07, 6.45) is 5.91. The molecule has 17 heteroatoms. The summed E-state index contributed by atoms with van der Waals surface area (Å²) < 4.78 is 7.58. The molecule has 3 fully saturated rings. The van der Waals surface area contributed by atoms with E-state index in [9.17, 15) is 33.6 Å². The fraction of sp³-hybridized carbons (Fsp3) is 0.375. The second-order valence-corrected chi connectivity index (χ2v) is 15.3. The molecule has 0 bridgehead atoms. The van der Waals surface area contributed by atoms with Crippen molar-refractivity contribution in [2.75, 3.05) is 36.4 Å². The van der Waals surface area contributed by atoms with E-state index in [4.69, 9.17) is 4.74 Å². The molecule has 2 aromatic heterocycles. The number of amides is 7. The Hall–Kier alpha value is -6.65. The minimum atomic E-state index is -1.04. The maximum atomic E-state index is 13.8. The summed E-state index contributed by atoms with van der Waals surface area (Å²) in [6, 6.07) is 9.06. The number of likely N-dealkylation sites (tertiary alicyclic amines) is 1. The third-order valence-corrected chi connectivity index (χ3v) is 11.4. The predicted octanol–water partition coefficient (Wildman–Crippen LogP) is 2.25. The van der Waals surface area contributed by atoms with Crippen LogP contribution < -0.4 is 20.3 Å². The van der Waals surface area contributed by atoms with E-state index in [1.54, 1.807) is 48.8 Å². The lowest BCUT2D eigenvalue weighted by Crippen LogP contribution is -2.56. The molecular weight excluding hydrogens is 734 g/mol. The number of nitrogens with one attached hydrogen (secondary N) is 2. The van der Waals surface area contributed by atoms with Crippen molar-refractivity contribution in [1.29, 1.82) is 0 Å². The van der Waals surface area contributed by atoms with Crippen molar-refractivity contribution in [2.45, 2.75) is 64.3 Å². The van der Waals surface area contributed by atoms with Gasteiger partial charge < -0.3 is 24.8 Å². The molecule has 5 aliphatic rings. The van der Waals surface area contributed by atoms with Crippen LogP contribution in [-0.2, 0) is 20.9 Å². The third kappa shape index (κ3) is 6.22. The van der Waals surface area contributed by atoms with Crippen LogP contribution in [0.1, 0.15) is 86.5 Å². The molecule has 7 heterocycles. The normalized spacial score (nSPS) is 20.0. The van der Waals surface area contributed by atoms with Gasteiger partial charge in [0.25, 0.3) is 23.6 Å². The number of carbonyl (C=O) groups is 7. The number of fused-ring (bicyclic) bond motifs is 3. The molecule has 3 saturated heterocycles. The Labute approximate surface area is 325 Å². The van der Waals surface area contributed by atoms with Gasteiger partial charge in [0.2, 0.25) is 17.7 Å². The molecule has 57 heavy (non-hydrogen) atoms. The number of imide groups is 2. The molecular formula is C40H39N9O8. The van der Waals surface area contributed by atoms with Crippen LogP contribution in [-0.4, -0.2) is 115 Å². The van der Waals surface area contributed by atoms with E-state index in [0.29, 0.717) is 79.5 Å². The first-order valence-electron chi connectivity index (χ1n) is 19.1. The van der Waals surface area contributed by atoms with Crippen molar-refractivity contribution < 1.29 is 38.3 Å². The smallest absolute Gasteiger partial charge is 0.262 e. The molecule has 2 N–H and O–H groups in total. The molecule has 292 valence electrons. The van der Waals surface area contributed by atoms with Crippen molar-refractivity contribution in [3.05, 3.63) is 82.8 Å². The van der Waals surface area contributed by atoms with E-state index < -0.39 is 35.6 Å². The van der Waals surface area contributed by atoms with E-state index in [1.807, 2.05) is 28.5 Å². The molecule has 17 nitrogen and oxygen atoms in total. The second-order valence-electron chi connectivity index (χ2n) is 15.3. The predicted molar refractivity (Wildman–Crippen MR) is 201 cm³/mol. The zero-order chi connectivity index (χ0) is 39.7. The van der Waals surface area contributed by atoms with Gasteiger partial charge in [-0.1, -0.05) is 0 Å². The Morgan fingerprint density at radius 2 is 1.70 bits per heavy atom. The standard InChI is InChI=1S/C40H39N9O8/c1-21(2)57-32-16-27-22(14-30(32)43-35(51)29-17-42-48-11-3-10-41-34(29)48)20-47(38(27)54)24-8-12-45(13-9-24)37(53)23-18-46(19-23)25-4-5-26-28(15-25)40(56)49(39(26)55)31-6-7-33(50)44-36(31)52/h3-5,10-11,14-17,21,23-24,31H,6-9,12-13,18-20H2,1-2H3,(H,43,51)(H,44,50,52). The number of hydrogen-bond acceptors (Lipinski definition) is 11. The van der Waals surface area contributed by atoms with Gasteiger partial charge in [0.1, 0.15) is 17.4 Å². The van der Waals surface area contributed by atoms with Crippen LogP contribution in [0.15, 0.2) is 55.0 Å². The highest BCUT2D eigenvalue weighted by Crippen LogP contribution is 2.38. The van der Waals surface area contributed by atoms with Gasteiger partial charge in [-0.15, -0.1) is 0 Å². The first-order valence-corrected chi connectivity index (χ1v) is 19.1. The molecule has 2 aromatic carbocycles. The zero-order valence-corrected chi connectivity index (χ0v) is 31.3. The van der Waals surface area contributed by atoms with Crippen molar-refractivity contribution >= 4 is 58.4 Å². The number of anilines is 2.